The molecule has 0 atom stereocenters. The first kappa shape index (κ1) is 42.2. The summed E-state index contributed by atoms with van der Waals surface area (Å²) in [4.78, 5) is 23.5. The fraction of sp³-hybridized carbons (Fsp3) is 0.930. The summed E-state index contributed by atoms with van der Waals surface area (Å²) in [6, 6.07) is 1.46. The number of unbranched alkanes of at least 4 members (excludes halogenated alkanes) is 4. The number of aromatic nitrogens is 3. The number of anilines is 2. The first-order valence-electron chi connectivity index (χ1n) is 20.9. The molecule has 1 aliphatic carbocycles. The molecule has 0 radical (unpaired) electrons. The molecule has 8 nitrogen and oxygen atoms in total. The zero-order chi connectivity index (χ0) is 38.0. The summed E-state index contributed by atoms with van der Waals surface area (Å²) in [5, 5.41) is 7.75. The lowest BCUT2D eigenvalue weighted by atomic mass is 9.63. The van der Waals surface area contributed by atoms with Gasteiger partial charge in [-0.25, -0.2) is 0 Å². The zero-order valence-corrected chi connectivity index (χ0v) is 36.2. The first-order chi connectivity index (χ1) is 23.4. The lowest BCUT2D eigenvalue weighted by Crippen LogP contribution is -2.62. The van der Waals surface area contributed by atoms with E-state index in [1.807, 2.05) is 0 Å². The topological polar surface area (TPSA) is 72.5 Å². The van der Waals surface area contributed by atoms with E-state index in [-0.39, 0.29) is 33.0 Å². The summed E-state index contributed by atoms with van der Waals surface area (Å²) in [6.45, 7) is 36.3. The molecule has 2 aliphatic heterocycles. The third kappa shape index (κ3) is 12.5. The SMILES string of the molecule is CCCCN(c1nc(C)nc(N(CCCCCCN(C)C2CC(C)(C)NC(C)(C)C2)C2CC(C)(C)CC(C)(C)C2)n1)C1CC(C)(C)NC(C)(C)C1. The van der Waals surface area contributed by atoms with Crippen molar-refractivity contribution in [3.63, 3.8) is 0 Å². The molecule has 3 aliphatic rings. The van der Waals surface area contributed by atoms with Gasteiger partial charge in [-0.1, -0.05) is 53.9 Å². The number of nitrogens with one attached hydrogen (secondary N) is 2. The number of hydrogen-bond acceptors (Lipinski definition) is 8. The van der Waals surface area contributed by atoms with Gasteiger partial charge in [0.05, 0.1) is 0 Å². The predicted octanol–water partition coefficient (Wildman–Crippen LogP) is 9.31. The van der Waals surface area contributed by atoms with Crippen LogP contribution in [0.25, 0.3) is 0 Å². The van der Waals surface area contributed by atoms with Crippen LogP contribution in [0.4, 0.5) is 11.9 Å². The Morgan fingerprint density at radius 1 is 0.529 bits per heavy atom. The Bertz CT molecular complexity index is 1220. The van der Waals surface area contributed by atoms with Gasteiger partial charge in [-0.15, -0.1) is 0 Å². The summed E-state index contributed by atoms with van der Waals surface area (Å²) in [6.07, 6.45) is 15.5. The van der Waals surface area contributed by atoms with E-state index in [2.05, 4.69) is 129 Å². The molecule has 0 bridgehead atoms. The maximum atomic E-state index is 5.44. The quantitative estimate of drug-likeness (QED) is 0.175. The second-order valence-electron chi connectivity index (χ2n) is 21.6. The molecule has 8 heteroatoms. The number of rotatable bonds is 15. The van der Waals surface area contributed by atoms with Gasteiger partial charge >= 0.3 is 0 Å². The number of hydrogen-bond donors (Lipinski definition) is 2. The fourth-order valence-electron chi connectivity index (χ4n) is 11.2. The van der Waals surface area contributed by atoms with Gasteiger partial charge in [0, 0.05) is 53.4 Å². The Labute approximate surface area is 315 Å². The number of nitrogens with zero attached hydrogens (tertiary/aromatic N) is 6. The largest absolute Gasteiger partial charge is 0.338 e. The van der Waals surface area contributed by atoms with Crippen LogP contribution in [-0.2, 0) is 0 Å². The van der Waals surface area contributed by atoms with E-state index < -0.39 is 0 Å². The van der Waals surface area contributed by atoms with Crippen molar-refractivity contribution >= 4 is 11.9 Å². The molecular formula is C43H82N8. The van der Waals surface area contributed by atoms with Crippen LogP contribution in [0.15, 0.2) is 0 Å². The smallest absolute Gasteiger partial charge is 0.230 e. The molecule has 1 saturated carbocycles. The van der Waals surface area contributed by atoms with E-state index in [1.54, 1.807) is 0 Å². The van der Waals surface area contributed by atoms with Gasteiger partial charge in [-0.05, 0) is 151 Å². The highest BCUT2D eigenvalue weighted by Gasteiger charge is 2.43. The van der Waals surface area contributed by atoms with Crippen LogP contribution in [0.5, 0.6) is 0 Å². The van der Waals surface area contributed by atoms with Crippen molar-refractivity contribution in [3.05, 3.63) is 5.82 Å². The normalized spacial score (nSPS) is 24.5. The molecule has 0 spiro atoms. The average molecular weight is 711 g/mol. The van der Waals surface area contributed by atoms with Crippen molar-refractivity contribution in [2.75, 3.05) is 36.5 Å². The number of piperidine rings is 2. The molecule has 1 aromatic heterocycles. The van der Waals surface area contributed by atoms with Crippen LogP contribution >= 0.6 is 0 Å². The lowest BCUT2D eigenvalue weighted by Gasteiger charge is -2.50. The summed E-state index contributed by atoms with van der Waals surface area (Å²) in [5.41, 5.74) is 1.07. The van der Waals surface area contributed by atoms with E-state index in [1.165, 1.54) is 64.3 Å². The molecule has 3 heterocycles. The Balaban J connectivity index is 1.51. The summed E-state index contributed by atoms with van der Waals surface area (Å²) in [5.74, 6) is 2.63. The molecule has 3 fully saturated rings. The van der Waals surface area contributed by atoms with Crippen molar-refractivity contribution < 1.29 is 0 Å². The molecule has 2 saturated heterocycles. The zero-order valence-electron chi connectivity index (χ0n) is 36.2. The van der Waals surface area contributed by atoms with Crippen LogP contribution in [0.1, 0.15) is 179 Å². The van der Waals surface area contributed by atoms with E-state index in [9.17, 15) is 0 Å². The molecule has 1 aromatic rings. The summed E-state index contributed by atoms with van der Waals surface area (Å²) in [7, 11) is 2.35. The average Bonchev–Trinajstić information content (AvgIpc) is 2.91. The van der Waals surface area contributed by atoms with Crippen LogP contribution in [0.2, 0.25) is 0 Å². The summed E-state index contributed by atoms with van der Waals surface area (Å²) >= 11 is 0. The highest BCUT2D eigenvalue weighted by molar-refractivity contribution is 5.42. The highest BCUT2D eigenvalue weighted by Crippen LogP contribution is 2.48. The molecule has 0 amide bonds. The van der Waals surface area contributed by atoms with Crippen molar-refractivity contribution in [1.82, 2.24) is 30.5 Å². The maximum Gasteiger partial charge on any atom is 0.230 e. The predicted molar refractivity (Wildman–Crippen MR) is 219 cm³/mol. The summed E-state index contributed by atoms with van der Waals surface area (Å²) < 4.78 is 0. The molecule has 294 valence electrons. The van der Waals surface area contributed by atoms with Crippen LogP contribution in [-0.4, -0.2) is 86.8 Å². The molecule has 0 aromatic carbocycles. The molecule has 4 rings (SSSR count). The minimum atomic E-state index is 0.0582. The van der Waals surface area contributed by atoms with Gasteiger partial charge in [-0.3, -0.25) is 0 Å². The van der Waals surface area contributed by atoms with E-state index in [0.717, 1.165) is 56.5 Å². The standard InChI is InChI=1S/C43H82N8/c1-16-17-23-50(35-29-42(11,12)48-43(13,14)30-35)36-44-32(2)45-37(46-36)51(34-25-38(3,4)31-39(5,6)26-34)24-21-19-18-20-22-49(15)33-27-40(7,8)47-41(9,10)28-33/h33-35,47-48H,16-31H2,1-15H3. The molecular weight excluding hydrogens is 629 g/mol. The fourth-order valence-corrected chi connectivity index (χ4v) is 11.2. The maximum absolute atomic E-state index is 5.44. The Kier molecular flexibility index (Phi) is 13.3. The first-order valence-corrected chi connectivity index (χ1v) is 20.9. The van der Waals surface area contributed by atoms with E-state index in [0.29, 0.717) is 18.1 Å². The van der Waals surface area contributed by atoms with Gasteiger partial charge in [0.25, 0.3) is 0 Å². The Hall–Kier alpha value is -1.51. The van der Waals surface area contributed by atoms with E-state index in [4.69, 9.17) is 15.0 Å². The second-order valence-corrected chi connectivity index (χ2v) is 21.6. The van der Waals surface area contributed by atoms with Gasteiger partial charge in [0.15, 0.2) is 0 Å². The van der Waals surface area contributed by atoms with Crippen molar-refractivity contribution in [3.8, 4) is 0 Å². The molecule has 2 N–H and O–H groups in total. The highest BCUT2D eigenvalue weighted by atomic mass is 15.4. The van der Waals surface area contributed by atoms with Gasteiger partial charge in [-0.2, -0.15) is 15.0 Å². The minimum Gasteiger partial charge on any atom is -0.338 e. The lowest BCUT2D eigenvalue weighted by molar-refractivity contribution is 0.0805. The second kappa shape index (κ2) is 16.1. The minimum absolute atomic E-state index is 0.0582. The van der Waals surface area contributed by atoms with Gasteiger partial charge in [0.2, 0.25) is 11.9 Å². The van der Waals surface area contributed by atoms with Crippen LogP contribution in [0.3, 0.4) is 0 Å². The Morgan fingerprint density at radius 2 is 0.922 bits per heavy atom. The Morgan fingerprint density at radius 3 is 1.37 bits per heavy atom. The van der Waals surface area contributed by atoms with Crippen molar-refractivity contribution in [1.29, 1.82) is 0 Å². The molecule has 51 heavy (non-hydrogen) atoms. The van der Waals surface area contributed by atoms with Gasteiger partial charge < -0.3 is 25.3 Å². The van der Waals surface area contributed by atoms with Gasteiger partial charge in [0.1, 0.15) is 5.82 Å². The van der Waals surface area contributed by atoms with Crippen LogP contribution < -0.4 is 20.4 Å². The van der Waals surface area contributed by atoms with Crippen molar-refractivity contribution in [2.45, 2.75) is 221 Å². The number of aryl methyl sites for hydroxylation is 1. The monoisotopic (exact) mass is 711 g/mol. The van der Waals surface area contributed by atoms with Crippen LogP contribution in [0, 0.1) is 17.8 Å². The van der Waals surface area contributed by atoms with Crippen molar-refractivity contribution in [2.24, 2.45) is 10.8 Å². The third-order valence-electron chi connectivity index (χ3n) is 12.0. The molecule has 0 unspecified atom stereocenters. The third-order valence-corrected chi connectivity index (χ3v) is 12.0. The van der Waals surface area contributed by atoms with E-state index >= 15 is 0 Å².